The van der Waals surface area contributed by atoms with Gasteiger partial charge < -0.3 is 5.84 Å². The van der Waals surface area contributed by atoms with Gasteiger partial charge in [-0.2, -0.15) is 5.10 Å². The van der Waals surface area contributed by atoms with Gasteiger partial charge in [0.2, 0.25) is 0 Å². The van der Waals surface area contributed by atoms with Crippen LogP contribution < -0.4 is 5.84 Å². The summed E-state index contributed by atoms with van der Waals surface area (Å²) in [5.74, 6) is 5.32. The first-order valence-electron chi connectivity index (χ1n) is 2.60. The number of hydrazone groups is 1. The van der Waals surface area contributed by atoms with E-state index < -0.39 is 0 Å². The highest BCUT2D eigenvalue weighted by Gasteiger charge is 1.93. The molecule has 0 bridgehead atoms. The smallest absolute Gasteiger partial charge is 0.0494 e. The van der Waals surface area contributed by atoms with Crippen molar-refractivity contribution in [3.8, 4) is 0 Å². The van der Waals surface area contributed by atoms with Crippen LogP contribution in [0.15, 0.2) is 17.3 Å². The molecule has 0 amide bonds. The molecule has 0 radical (unpaired) electrons. The fourth-order valence-corrected chi connectivity index (χ4v) is 0.245. The third-order valence-electron chi connectivity index (χ3n) is 0.982. The molecular formula is C6H12N2. The third-order valence-corrected chi connectivity index (χ3v) is 0.982. The van der Waals surface area contributed by atoms with Gasteiger partial charge in [0, 0.05) is 6.21 Å². The van der Waals surface area contributed by atoms with Crippen LogP contribution in [0.4, 0.5) is 0 Å². The maximum Gasteiger partial charge on any atom is 0.0494 e. The summed E-state index contributed by atoms with van der Waals surface area (Å²) >= 11 is 0. The van der Waals surface area contributed by atoms with E-state index in [9.17, 15) is 0 Å². The zero-order valence-electron chi connectivity index (χ0n) is 5.39. The fourth-order valence-electron chi connectivity index (χ4n) is 0.245. The molecule has 0 aromatic rings. The highest BCUT2D eigenvalue weighted by molar-refractivity contribution is 5.77. The predicted octanol–water partition coefficient (Wildman–Crippen LogP) is 1.14. The molecule has 2 heteroatoms. The minimum absolute atomic E-state index is 0.447. The summed E-state index contributed by atoms with van der Waals surface area (Å²) in [6.07, 6.45) is 1.57. The molecule has 0 atom stereocenters. The Morgan fingerprint density at radius 2 is 2.25 bits per heavy atom. The van der Waals surface area contributed by atoms with Gasteiger partial charge in [0.15, 0.2) is 0 Å². The van der Waals surface area contributed by atoms with Crippen molar-refractivity contribution in [1.82, 2.24) is 0 Å². The van der Waals surface area contributed by atoms with Crippen LogP contribution in [-0.4, -0.2) is 6.21 Å². The molecule has 2 N–H and O–H groups in total. The van der Waals surface area contributed by atoms with E-state index >= 15 is 0 Å². The van der Waals surface area contributed by atoms with E-state index in [-0.39, 0.29) is 0 Å². The molecule has 0 aromatic carbocycles. The van der Waals surface area contributed by atoms with Crippen molar-refractivity contribution in [3.63, 3.8) is 0 Å². The predicted molar refractivity (Wildman–Crippen MR) is 36.7 cm³/mol. The summed E-state index contributed by atoms with van der Waals surface area (Å²) in [5.41, 5.74) is 0.965. The van der Waals surface area contributed by atoms with Crippen molar-refractivity contribution in [1.29, 1.82) is 0 Å². The van der Waals surface area contributed by atoms with E-state index in [1.165, 1.54) is 0 Å². The Balaban J connectivity index is 3.66. The van der Waals surface area contributed by atoms with E-state index in [2.05, 4.69) is 11.7 Å². The van der Waals surface area contributed by atoms with Crippen LogP contribution in [0, 0.1) is 5.92 Å². The summed E-state index contributed by atoms with van der Waals surface area (Å²) in [6, 6.07) is 0. The maximum absolute atomic E-state index is 4.88. The summed E-state index contributed by atoms with van der Waals surface area (Å²) in [4.78, 5) is 0. The van der Waals surface area contributed by atoms with Crippen molar-refractivity contribution < 1.29 is 0 Å². The Morgan fingerprint density at radius 1 is 1.75 bits per heavy atom. The van der Waals surface area contributed by atoms with Crippen LogP contribution in [0.2, 0.25) is 0 Å². The third kappa shape index (κ3) is 2.39. The van der Waals surface area contributed by atoms with Crippen LogP contribution >= 0.6 is 0 Å². The quantitative estimate of drug-likeness (QED) is 0.325. The molecule has 0 rings (SSSR count). The van der Waals surface area contributed by atoms with Crippen molar-refractivity contribution >= 4 is 6.21 Å². The Labute approximate surface area is 50.1 Å². The van der Waals surface area contributed by atoms with Crippen molar-refractivity contribution in [2.75, 3.05) is 0 Å². The average molecular weight is 112 g/mol. The highest BCUT2D eigenvalue weighted by atomic mass is 15.1. The van der Waals surface area contributed by atoms with Crippen LogP contribution in [-0.2, 0) is 0 Å². The van der Waals surface area contributed by atoms with Gasteiger partial charge in [-0.15, -0.1) is 0 Å². The van der Waals surface area contributed by atoms with Gasteiger partial charge >= 0.3 is 0 Å². The second-order valence-corrected chi connectivity index (χ2v) is 2.01. The maximum atomic E-state index is 4.88. The summed E-state index contributed by atoms with van der Waals surface area (Å²) < 4.78 is 0. The van der Waals surface area contributed by atoms with E-state index in [1.807, 2.05) is 13.8 Å². The summed E-state index contributed by atoms with van der Waals surface area (Å²) in [6.45, 7) is 7.81. The number of hydrogen-bond acceptors (Lipinski definition) is 2. The number of hydrogen-bond donors (Lipinski definition) is 1. The lowest BCUT2D eigenvalue weighted by molar-refractivity contribution is 0.809. The van der Waals surface area contributed by atoms with Gasteiger partial charge in [0.25, 0.3) is 0 Å². The topological polar surface area (TPSA) is 38.4 Å². The standard InChI is InChI=1S/C6H12N2/c1-5(2)6(3)4-8-7/h4-5H,3,7H2,1-2H3/b8-4-. The first-order chi connectivity index (χ1) is 3.68. The van der Waals surface area contributed by atoms with Gasteiger partial charge in [-0.1, -0.05) is 20.4 Å². The SMILES string of the molecule is C=C(/C=N\N)C(C)C. The minimum atomic E-state index is 0.447. The van der Waals surface area contributed by atoms with Crippen molar-refractivity contribution in [2.24, 2.45) is 16.9 Å². The van der Waals surface area contributed by atoms with Crippen molar-refractivity contribution in [2.45, 2.75) is 13.8 Å². The van der Waals surface area contributed by atoms with Gasteiger partial charge in [-0.25, -0.2) is 0 Å². The molecule has 0 aliphatic rings. The zero-order valence-corrected chi connectivity index (χ0v) is 5.39. The molecule has 0 aliphatic heterocycles. The lowest BCUT2D eigenvalue weighted by Gasteiger charge is -1.99. The number of nitrogens with zero attached hydrogens (tertiary/aromatic N) is 1. The summed E-state index contributed by atoms with van der Waals surface area (Å²) in [7, 11) is 0. The Hall–Kier alpha value is -0.790. The average Bonchev–Trinajstić information content (AvgIpc) is 1.67. The van der Waals surface area contributed by atoms with E-state index in [4.69, 9.17) is 5.84 Å². The summed E-state index contributed by atoms with van der Waals surface area (Å²) in [5, 5.41) is 3.33. The molecule has 0 spiro atoms. The molecule has 46 valence electrons. The van der Waals surface area contributed by atoms with Crippen LogP contribution in [0.3, 0.4) is 0 Å². The van der Waals surface area contributed by atoms with E-state index in [0.717, 1.165) is 5.57 Å². The molecule has 0 fully saturated rings. The second-order valence-electron chi connectivity index (χ2n) is 2.01. The van der Waals surface area contributed by atoms with E-state index in [0.29, 0.717) is 5.92 Å². The van der Waals surface area contributed by atoms with Crippen LogP contribution in [0.1, 0.15) is 13.8 Å². The van der Waals surface area contributed by atoms with Crippen LogP contribution in [0.5, 0.6) is 0 Å². The van der Waals surface area contributed by atoms with Gasteiger partial charge in [-0.3, -0.25) is 0 Å². The van der Waals surface area contributed by atoms with E-state index in [1.54, 1.807) is 6.21 Å². The normalized spacial score (nSPS) is 10.9. The fraction of sp³-hybridized carbons (Fsp3) is 0.500. The molecule has 0 saturated heterocycles. The molecule has 0 heterocycles. The molecule has 0 unspecified atom stereocenters. The number of rotatable bonds is 2. The van der Waals surface area contributed by atoms with Gasteiger partial charge in [0.1, 0.15) is 0 Å². The molecule has 0 saturated carbocycles. The highest BCUT2D eigenvalue weighted by Crippen LogP contribution is 2.01. The van der Waals surface area contributed by atoms with Gasteiger partial charge in [0.05, 0.1) is 0 Å². The number of nitrogens with two attached hydrogens (primary N) is 1. The molecule has 0 aromatic heterocycles. The molecule has 2 nitrogen and oxygen atoms in total. The lowest BCUT2D eigenvalue weighted by Crippen LogP contribution is -1.94. The largest absolute Gasteiger partial charge is 0.323 e. The lowest BCUT2D eigenvalue weighted by atomic mass is 10.1. The zero-order chi connectivity index (χ0) is 6.57. The molecule has 0 aliphatic carbocycles. The Bertz CT molecular complexity index is 103. The molecule has 8 heavy (non-hydrogen) atoms. The Morgan fingerprint density at radius 3 is 2.38 bits per heavy atom. The first kappa shape index (κ1) is 7.21. The van der Waals surface area contributed by atoms with Crippen molar-refractivity contribution in [3.05, 3.63) is 12.2 Å². The minimum Gasteiger partial charge on any atom is -0.323 e. The monoisotopic (exact) mass is 112 g/mol. The number of allylic oxidation sites excluding steroid dienone is 1. The Kier molecular flexibility index (Phi) is 2.92. The van der Waals surface area contributed by atoms with Gasteiger partial charge in [-0.05, 0) is 11.5 Å². The van der Waals surface area contributed by atoms with Crippen LogP contribution in [0.25, 0.3) is 0 Å². The second kappa shape index (κ2) is 3.24. The first-order valence-corrected chi connectivity index (χ1v) is 2.60. The molecular weight excluding hydrogens is 100 g/mol.